The quantitative estimate of drug-likeness (QED) is 0.621. The van der Waals surface area contributed by atoms with E-state index in [2.05, 4.69) is 4.98 Å². The summed E-state index contributed by atoms with van der Waals surface area (Å²) < 4.78 is 53.3. The first-order valence-corrected chi connectivity index (χ1v) is 12.6. The number of hydrogen-bond donors (Lipinski definition) is 0. The van der Waals surface area contributed by atoms with Crippen LogP contribution in [0.3, 0.4) is 0 Å². The number of sulfonamides is 1. The SMILES string of the molecule is O=S(=O)(Cc1ccccc1)C1CCN(S(=O)(=O)c2cccc3cccnc23)CC1. The zero-order valence-corrected chi connectivity index (χ0v) is 17.4. The molecule has 1 saturated heterocycles. The largest absolute Gasteiger partial charge is 0.255 e. The fourth-order valence-electron chi connectivity index (χ4n) is 3.78. The van der Waals surface area contributed by atoms with Gasteiger partial charge in [-0.3, -0.25) is 4.98 Å². The lowest BCUT2D eigenvalue weighted by molar-refractivity contribution is 0.346. The van der Waals surface area contributed by atoms with Gasteiger partial charge in [-0.05, 0) is 30.5 Å². The molecule has 1 aromatic heterocycles. The Balaban J connectivity index is 1.52. The maximum Gasteiger partial charge on any atom is 0.245 e. The van der Waals surface area contributed by atoms with Crippen LogP contribution in [0.4, 0.5) is 0 Å². The molecule has 2 aromatic carbocycles. The highest BCUT2D eigenvalue weighted by Crippen LogP contribution is 2.28. The number of benzene rings is 2. The molecule has 1 fully saturated rings. The van der Waals surface area contributed by atoms with Gasteiger partial charge in [0.05, 0.1) is 16.5 Å². The maximum absolute atomic E-state index is 13.2. The highest BCUT2D eigenvalue weighted by molar-refractivity contribution is 7.91. The van der Waals surface area contributed by atoms with Gasteiger partial charge in [-0.25, -0.2) is 16.8 Å². The van der Waals surface area contributed by atoms with Crippen molar-refractivity contribution in [1.82, 2.24) is 9.29 Å². The molecule has 152 valence electrons. The van der Waals surface area contributed by atoms with Crippen molar-refractivity contribution in [3.05, 3.63) is 72.4 Å². The summed E-state index contributed by atoms with van der Waals surface area (Å²) in [4.78, 5) is 4.41. The fraction of sp³-hybridized carbons (Fsp3) is 0.286. The normalized spacial score (nSPS) is 16.8. The smallest absolute Gasteiger partial charge is 0.245 e. The minimum absolute atomic E-state index is 0.0154. The van der Waals surface area contributed by atoms with Crippen molar-refractivity contribution in [1.29, 1.82) is 0 Å². The van der Waals surface area contributed by atoms with E-state index in [1.54, 1.807) is 36.5 Å². The number of piperidine rings is 1. The first-order valence-electron chi connectivity index (χ1n) is 9.47. The van der Waals surface area contributed by atoms with E-state index in [4.69, 9.17) is 0 Å². The van der Waals surface area contributed by atoms with Gasteiger partial charge in [0.1, 0.15) is 4.90 Å². The summed E-state index contributed by atoms with van der Waals surface area (Å²) in [6.45, 7) is 0.370. The van der Waals surface area contributed by atoms with Crippen LogP contribution < -0.4 is 0 Å². The van der Waals surface area contributed by atoms with Crippen LogP contribution in [-0.2, 0) is 25.6 Å². The van der Waals surface area contributed by atoms with Crippen LogP contribution in [-0.4, -0.2) is 44.5 Å². The lowest BCUT2D eigenvalue weighted by Gasteiger charge is -2.31. The lowest BCUT2D eigenvalue weighted by atomic mass is 10.2. The number of para-hydroxylation sites is 1. The Morgan fingerprint density at radius 3 is 2.28 bits per heavy atom. The molecule has 0 bridgehead atoms. The van der Waals surface area contributed by atoms with Gasteiger partial charge in [-0.15, -0.1) is 0 Å². The van der Waals surface area contributed by atoms with Gasteiger partial charge < -0.3 is 0 Å². The van der Waals surface area contributed by atoms with E-state index in [0.29, 0.717) is 18.4 Å². The molecule has 0 radical (unpaired) electrons. The fourth-order valence-corrected chi connectivity index (χ4v) is 7.24. The monoisotopic (exact) mass is 430 g/mol. The topological polar surface area (TPSA) is 84.4 Å². The van der Waals surface area contributed by atoms with E-state index in [1.165, 1.54) is 4.31 Å². The van der Waals surface area contributed by atoms with Crippen LogP contribution in [0, 0.1) is 0 Å². The molecule has 0 N–H and O–H groups in total. The molecule has 6 nitrogen and oxygen atoms in total. The van der Waals surface area contributed by atoms with Crippen LogP contribution in [0.2, 0.25) is 0 Å². The molecule has 3 aromatic rings. The minimum atomic E-state index is -3.74. The van der Waals surface area contributed by atoms with E-state index in [0.717, 1.165) is 10.9 Å². The number of fused-ring (bicyclic) bond motifs is 1. The van der Waals surface area contributed by atoms with Crippen molar-refractivity contribution in [2.75, 3.05) is 13.1 Å². The van der Waals surface area contributed by atoms with E-state index < -0.39 is 25.1 Å². The molecule has 0 spiro atoms. The molecule has 0 unspecified atom stereocenters. The second-order valence-electron chi connectivity index (χ2n) is 7.23. The first kappa shape index (κ1) is 20.0. The van der Waals surface area contributed by atoms with Gasteiger partial charge >= 0.3 is 0 Å². The average Bonchev–Trinajstić information content (AvgIpc) is 2.74. The molecule has 1 aliphatic rings. The van der Waals surface area contributed by atoms with Crippen molar-refractivity contribution in [2.24, 2.45) is 0 Å². The van der Waals surface area contributed by atoms with Crippen molar-refractivity contribution in [3.8, 4) is 0 Å². The molecule has 0 amide bonds. The van der Waals surface area contributed by atoms with Crippen LogP contribution >= 0.6 is 0 Å². The summed E-state index contributed by atoms with van der Waals surface area (Å²) >= 11 is 0. The Bertz CT molecular complexity index is 1210. The van der Waals surface area contributed by atoms with E-state index in [-0.39, 0.29) is 23.7 Å². The van der Waals surface area contributed by atoms with Gasteiger partial charge in [0, 0.05) is 24.7 Å². The second-order valence-corrected chi connectivity index (χ2v) is 11.4. The Labute approximate surface area is 171 Å². The molecule has 8 heteroatoms. The Morgan fingerprint density at radius 1 is 0.862 bits per heavy atom. The zero-order chi connectivity index (χ0) is 20.5. The van der Waals surface area contributed by atoms with Crippen LogP contribution in [0.5, 0.6) is 0 Å². The number of nitrogens with zero attached hydrogens (tertiary/aromatic N) is 2. The lowest BCUT2D eigenvalue weighted by Crippen LogP contribution is -2.42. The number of rotatable bonds is 5. The minimum Gasteiger partial charge on any atom is -0.255 e. The summed E-state index contributed by atoms with van der Waals surface area (Å²) in [6.07, 6.45) is 2.17. The maximum atomic E-state index is 13.2. The summed E-state index contributed by atoms with van der Waals surface area (Å²) in [5.41, 5.74) is 1.19. The van der Waals surface area contributed by atoms with Crippen LogP contribution in [0.25, 0.3) is 10.9 Å². The highest BCUT2D eigenvalue weighted by atomic mass is 32.2. The van der Waals surface area contributed by atoms with E-state index in [9.17, 15) is 16.8 Å². The predicted octanol–water partition coefficient (Wildman–Crippen LogP) is 3.00. The molecule has 29 heavy (non-hydrogen) atoms. The molecular weight excluding hydrogens is 408 g/mol. The van der Waals surface area contributed by atoms with Gasteiger partial charge in [-0.1, -0.05) is 48.5 Å². The third kappa shape index (κ3) is 4.05. The highest BCUT2D eigenvalue weighted by Gasteiger charge is 2.35. The van der Waals surface area contributed by atoms with Gasteiger partial charge in [0.15, 0.2) is 9.84 Å². The zero-order valence-electron chi connectivity index (χ0n) is 15.8. The Kier molecular flexibility index (Phi) is 5.42. The van der Waals surface area contributed by atoms with E-state index in [1.807, 2.05) is 30.3 Å². The number of aromatic nitrogens is 1. The average molecular weight is 431 g/mol. The summed E-state index contributed by atoms with van der Waals surface area (Å²) in [5, 5.41) is 0.230. The number of hydrogen-bond acceptors (Lipinski definition) is 5. The summed E-state index contributed by atoms with van der Waals surface area (Å²) in [7, 11) is -7.08. The summed E-state index contributed by atoms with van der Waals surface area (Å²) in [6, 6.07) is 17.7. The Hall–Kier alpha value is -2.29. The Morgan fingerprint density at radius 2 is 1.55 bits per heavy atom. The predicted molar refractivity (Wildman–Crippen MR) is 113 cm³/mol. The van der Waals surface area contributed by atoms with Gasteiger partial charge in [-0.2, -0.15) is 4.31 Å². The molecule has 0 atom stereocenters. The molecule has 2 heterocycles. The van der Waals surface area contributed by atoms with Crippen molar-refractivity contribution in [3.63, 3.8) is 0 Å². The third-order valence-electron chi connectivity index (χ3n) is 5.33. The van der Waals surface area contributed by atoms with E-state index >= 15 is 0 Å². The van der Waals surface area contributed by atoms with Crippen molar-refractivity contribution >= 4 is 30.8 Å². The molecule has 4 rings (SSSR count). The van der Waals surface area contributed by atoms with Gasteiger partial charge in [0.2, 0.25) is 10.0 Å². The molecule has 0 aliphatic carbocycles. The van der Waals surface area contributed by atoms with Gasteiger partial charge in [0.25, 0.3) is 0 Å². The molecular formula is C21H22N2O4S2. The standard InChI is InChI=1S/C21H22N2O4S2/c24-28(25,16-17-6-2-1-3-7-17)19-11-14-23(15-12-19)29(26,27)20-10-4-8-18-9-5-13-22-21(18)20/h1-10,13,19H,11-12,14-16H2. The number of pyridine rings is 1. The molecule has 0 saturated carbocycles. The number of sulfone groups is 1. The third-order valence-corrected chi connectivity index (χ3v) is 9.49. The van der Waals surface area contributed by atoms with Crippen molar-refractivity contribution in [2.45, 2.75) is 28.7 Å². The van der Waals surface area contributed by atoms with Crippen LogP contribution in [0.1, 0.15) is 18.4 Å². The second kappa shape index (κ2) is 7.85. The first-order chi connectivity index (χ1) is 13.9. The van der Waals surface area contributed by atoms with Crippen molar-refractivity contribution < 1.29 is 16.8 Å². The molecule has 1 aliphatic heterocycles. The summed E-state index contributed by atoms with van der Waals surface area (Å²) in [5.74, 6) is -0.0154. The van der Waals surface area contributed by atoms with Crippen LogP contribution in [0.15, 0.2) is 71.8 Å².